The maximum atomic E-state index is 13.6. The van der Waals surface area contributed by atoms with Gasteiger partial charge < -0.3 is 10.4 Å². The first-order valence-corrected chi connectivity index (χ1v) is 12.3. The van der Waals surface area contributed by atoms with Crippen LogP contribution in [-0.2, 0) is 27.5 Å². The van der Waals surface area contributed by atoms with E-state index in [2.05, 4.69) is 5.32 Å². The summed E-state index contributed by atoms with van der Waals surface area (Å²) in [5.41, 5.74) is 1.07. The van der Waals surface area contributed by atoms with E-state index in [-0.39, 0.29) is 18.0 Å². The molecule has 11 heteroatoms. The molecule has 0 aliphatic heterocycles. The van der Waals surface area contributed by atoms with Crippen LogP contribution in [0.5, 0.6) is 0 Å². The third kappa shape index (κ3) is 7.12. The third-order valence-electron chi connectivity index (χ3n) is 5.18. The van der Waals surface area contributed by atoms with Gasteiger partial charge in [-0.1, -0.05) is 36.4 Å². The van der Waals surface area contributed by atoms with Gasteiger partial charge in [-0.25, -0.2) is 12.8 Å². The number of amides is 1. The SMILES string of the molecule is CC(O)CN(CC(=O)NCc1cccc(-c2ccc(C(F)(F)F)cc2)c1)S(=O)(=O)c1cccc(F)c1. The quantitative estimate of drug-likeness (QED) is 0.411. The fourth-order valence-corrected chi connectivity index (χ4v) is 4.96. The highest BCUT2D eigenvalue weighted by Gasteiger charge is 2.30. The van der Waals surface area contributed by atoms with Crippen molar-refractivity contribution in [2.45, 2.75) is 30.6 Å². The zero-order valence-corrected chi connectivity index (χ0v) is 20.0. The van der Waals surface area contributed by atoms with Gasteiger partial charge in [-0.3, -0.25) is 4.79 Å². The second-order valence-electron chi connectivity index (χ2n) is 8.16. The summed E-state index contributed by atoms with van der Waals surface area (Å²) in [6.45, 7) is 0.395. The van der Waals surface area contributed by atoms with Crippen LogP contribution in [0, 0.1) is 5.82 Å². The highest BCUT2D eigenvalue weighted by atomic mass is 32.2. The average Bonchev–Trinajstić information content (AvgIpc) is 2.82. The van der Waals surface area contributed by atoms with E-state index in [9.17, 15) is 35.9 Å². The lowest BCUT2D eigenvalue weighted by Gasteiger charge is -2.23. The van der Waals surface area contributed by atoms with Crippen LogP contribution in [0.25, 0.3) is 11.1 Å². The first-order valence-electron chi connectivity index (χ1n) is 10.8. The normalized spacial score (nSPS) is 13.0. The zero-order chi connectivity index (χ0) is 26.5. The van der Waals surface area contributed by atoms with Gasteiger partial charge >= 0.3 is 6.18 Å². The number of nitrogens with one attached hydrogen (secondary N) is 1. The molecule has 36 heavy (non-hydrogen) atoms. The predicted molar refractivity (Wildman–Crippen MR) is 126 cm³/mol. The molecule has 6 nitrogen and oxygen atoms in total. The van der Waals surface area contributed by atoms with Gasteiger partial charge in [0.05, 0.1) is 23.1 Å². The largest absolute Gasteiger partial charge is 0.416 e. The minimum Gasteiger partial charge on any atom is -0.392 e. The lowest BCUT2D eigenvalue weighted by atomic mass is 10.0. The van der Waals surface area contributed by atoms with Crippen molar-refractivity contribution >= 4 is 15.9 Å². The van der Waals surface area contributed by atoms with Crippen molar-refractivity contribution in [3.8, 4) is 11.1 Å². The topological polar surface area (TPSA) is 86.7 Å². The Labute approximate surface area is 206 Å². The van der Waals surface area contributed by atoms with Crippen molar-refractivity contribution in [1.82, 2.24) is 9.62 Å². The number of aliphatic hydroxyl groups excluding tert-OH is 1. The maximum Gasteiger partial charge on any atom is 0.416 e. The van der Waals surface area contributed by atoms with E-state index in [1.54, 1.807) is 24.3 Å². The van der Waals surface area contributed by atoms with Crippen molar-refractivity contribution in [1.29, 1.82) is 0 Å². The summed E-state index contributed by atoms with van der Waals surface area (Å²) in [5.74, 6) is -1.42. The lowest BCUT2D eigenvalue weighted by molar-refractivity contribution is -0.137. The van der Waals surface area contributed by atoms with Gasteiger partial charge in [0.25, 0.3) is 0 Å². The number of carbonyl (C=O) groups excluding carboxylic acids is 1. The molecule has 3 aromatic rings. The molecule has 1 atom stereocenters. The molecule has 0 bridgehead atoms. The Morgan fingerprint density at radius 2 is 1.67 bits per heavy atom. The van der Waals surface area contributed by atoms with Gasteiger partial charge in [0.1, 0.15) is 5.82 Å². The number of carbonyl (C=O) groups is 1. The highest BCUT2D eigenvalue weighted by Crippen LogP contribution is 2.31. The van der Waals surface area contributed by atoms with Crippen molar-refractivity contribution in [3.63, 3.8) is 0 Å². The molecule has 0 spiro atoms. The molecule has 0 heterocycles. The van der Waals surface area contributed by atoms with Gasteiger partial charge in [0, 0.05) is 13.1 Å². The molecule has 0 fully saturated rings. The molecular formula is C25H24F4N2O4S. The molecule has 0 saturated carbocycles. The van der Waals surface area contributed by atoms with Gasteiger partial charge in [-0.05, 0) is 60.0 Å². The molecule has 0 radical (unpaired) electrons. The van der Waals surface area contributed by atoms with E-state index in [0.717, 1.165) is 28.6 Å². The number of alkyl halides is 3. The number of halogens is 4. The monoisotopic (exact) mass is 524 g/mol. The number of hydrogen-bond donors (Lipinski definition) is 2. The number of nitrogens with zero attached hydrogens (tertiary/aromatic N) is 1. The minimum atomic E-state index is -4.44. The van der Waals surface area contributed by atoms with Crippen LogP contribution >= 0.6 is 0 Å². The van der Waals surface area contributed by atoms with E-state index in [1.165, 1.54) is 31.2 Å². The molecule has 2 N–H and O–H groups in total. The van der Waals surface area contributed by atoms with Gasteiger partial charge in [-0.15, -0.1) is 0 Å². The third-order valence-corrected chi connectivity index (χ3v) is 6.99. The van der Waals surface area contributed by atoms with Crippen LogP contribution in [0.2, 0.25) is 0 Å². The fraction of sp³-hybridized carbons (Fsp3) is 0.240. The van der Waals surface area contributed by atoms with E-state index in [1.807, 2.05) is 0 Å². The Morgan fingerprint density at radius 3 is 2.28 bits per heavy atom. The van der Waals surface area contributed by atoms with Crippen LogP contribution < -0.4 is 5.32 Å². The van der Waals surface area contributed by atoms with E-state index in [0.29, 0.717) is 16.7 Å². The van der Waals surface area contributed by atoms with Crippen LogP contribution in [0.3, 0.4) is 0 Å². The lowest BCUT2D eigenvalue weighted by Crippen LogP contribution is -2.43. The predicted octanol–water partition coefficient (Wildman–Crippen LogP) is 4.20. The zero-order valence-electron chi connectivity index (χ0n) is 19.2. The van der Waals surface area contributed by atoms with Crippen LogP contribution in [0.1, 0.15) is 18.1 Å². The summed E-state index contributed by atoms with van der Waals surface area (Å²) in [6, 6.07) is 15.8. The molecule has 0 aliphatic carbocycles. The Balaban J connectivity index is 1.70. The molecule has 3 aromatic carbocycles. The number of sulfonamides is 1. The van der Waals surface area contributed by atoms with Crippen molar-refractivity contribution in [2.75, 3.05) is 13.1 Å². The van der Waals surface area contributed by atoms with E-state index in [4.69, 9.17) is 0 Å². The molecule has 0 aliphatic rings. The standard InChI is InChI=1S/C25H24F4N2O4S/c1-17(32)15-31(36(34,35)23-7-3-6-22(26)13-23)16-24(33)30-14-18-4-2-5-20(12-18)19-8-10-21(11-9-19)25(27,28)29/h2-13,17,32H,14-16H2,1H3,(H,30,33). The number of aliphatic hydroxyl groups is 1. The number of benzene rings is 3. The number of hydrogen-bond acceptors (Lipinski definition) is 4. The Kier molecular flexibility index (Phi) is 8.49. The summed E-state index contributed by atoms with van der Waals surface area (Å²) in [7, 11) is -4.26. The van der Waals surface area contributed by atoms with Crippen LogP contribution in [0.15, 0.2) is 77.7 Å². The highest BCUT2D eigenvalue weighted by molar-refractivity contribution is 7.89. The first-order chi connectivity index (χ1) is 16.9. The average molecular weight is 525 g/mol. The Bertz CT molecular complexity index is 1310. The van der Waals surface area contributed by atoms with Crippen molar-refractivity contribution < 1.29 is 35.9 Å². The molecule has 1 unspecified atom stereocenters. The second-order valence-corrected chi connectivity index (χ2v) is 10.1. The maximum absolute atomic E-state index is 13.6. The minimum absolute atomic E-state index is 0.0237. The molecular weight excluding hydrogens is 500 g/mol. The van der Waals surface area contributed by atoms with Gasteiger partial charge in [0.15, 0.2) is 0 Å². The van der Waals surface area contributed by atoms with Gasteiger partial charge in [-0.2, -0.15) is 17.5 Å². The Hall–Kier alpha value is -3.28. The summed E-state index contributed by atoms with van der Waals surface area (Å²) in [6.07, 6.45) is -5.52. The number of rotatable bonds is 9. The molecule has 3 rings (SSSR count). The summed E-state index contributed by atoms with van der Waals surface area (Å²) in [4.78, 5) is 12.2. The fourth-order valence-electron chi connectivity index (χ4n) is 3.45. The van der Waals surface area contributed by atoms with Crippen LogP contribution in [-0.4, -0.2) is 42.9 Å². The summed E-state index contributed by atoms with van der Waals surface area (Å²) >= 11 is 0. The summed E-state index contributed by atoms with van der Waals surface area (Å²) < 4.78 is 78.5. The smallest absolute Gasteiger partial charge is 0.392 e. The van der Waals surface area contributed by atoms with E-state index >= 15 is 0 Å². The molecule has 0 saturated heterocycles. The van der Waals surface area contributed by atoms with Gasteiger partial charge in [0.2, 0.25) is 15.9 Å². The van der Waals surface area contributed by atoms with Crippen molar-refractivity contribution in [3.05, 3.63) is 89.7 Å². The van der Waals surface area contributed by atoms with E-state index < -0.39 is 46.1 Å². The first kappa shape index (κ1) is 27.3. The van der Waals surface area contributed by atoms with Crippen molar-refractivity contribution in [2.24, 2.45) is 0 Å². The summed E-state index contributed by atoms with van der Waals surface area (Å²) in [5, 5.41) is 12.3. The Morgan fingerprint density at radius 1 is 1.00 bits per heavy atom. The molecule has 1 amide bonds. The second kappa shape index (κ2) is 11.2. The molecule has 0 aromatic heterocycles. The van der Waals surface area contributed by atoms with Crippen LogP contribution in [0.4, 0.5) is 17.6 Å². The molecule has 192 valence electrons.